The molecule has 3 N–H and O–H groups in total. The molecule has 2 rings (SSSR count). The summed E-state index contributed by atoms with van der Waals surface area (Å²) in [6.45, 7) is 2.82. The minimum Gasteiger partial charge on any atom is -0.490 e. The van der Waals surface area contributed by atoms with Gasteiger partial charge in [-0.3, -0.25) is 4.79 Å². The first-order chi connectivity index (χ1) is 11.4. The van der Waals surface area contributed by atoms with E-state index in [9.17, 15) is 18.0 Å². The lowest BCUT2D eigenvalue weighted by Gasteiger charge is -2.20. The zero-order valence-corrected chi connectivity index (χ0v) is 12.9. The molecule has 8 heteroatoms. The standard InChI is InChI=1S/C16H19F3N2O3/c1-2-3-4-13-15(23)20-9-10-12(21-13)6-5-11(16(17,18)19)14(10)24-8-7-22/h2,5-6,13,21-22H,1,3-4,7-9H2,(H,20,23). The number of nitrogens with one attached hydrogen (secondary N) is 2. The van der Waals surface area contributed by atoms with E-state index in [1.54, 1.807) is 6.08 Å². The Balaban J connectivity index is 2.43. The van der Waals surface area contributed by atoms with Crippen LogP contribution in [0.5, 0.6) is 5.75 Å². The van der Waals surface area contributed by atoms with E-state index >= 15 is 0 Å². The second-order valence-electron chi connectivity index (χ2n) is 5.32. The summed E-state index contributed by atoms with van der Waals surface area (Å²) in [6.07, 6.45) is -1.86. The van der Waals surface area contributed by atoms with Crippen LogP contribution in [-0.4, -0.2) is 30.3 Å². The van der Waals surface area contributed by atoms with E-state index in [4.69, 9.17) is 9.84 Å². The number of benzene rings is 1. The molecule has 24 heavy (non-hydrogen) atoms. The first kappa shape index (κ1) is 18.1. The van der Waals surface area contributed by atoms with Crippen LogP contribution in [-0.2, 0) is 17.5 Å². The number of fused-ring (bicyclic) bond motifs is 1. The molecule has 1 heterocycles. The number of carbonyl (C=O) groups excluding carboxylic acids is 1. The van der Waals surface area contributed by atoms with Crippen LogP contribution in [0, 0.1) is 0 Å². The summed E-state index contributed by atoms with van der Waals surface area (Å²) in [7, 11) is 0. The Bertz CT molecular complexity index is 617. The highest BCUT2D eigenvalue weighted by Crippen LogP contribution is 2.41. The van der Waals surface area contributed by atoms with Gasteiger partial charge in [0.05, 0.1) is 12.2 Å². The third-order valence-corrected chi connectivity index (χ3v) is 3.65. The van der Waals surface area contributed by atoms with Crippen molar-refractivity contribution in [3.8, 4) is 5.75 Å². The molecule has 1 aromatic carbocycles. The van der Waals surface area contributed by atoms with Crippen molar-refractivity contribution in [1.82, 2.24) is 5.32 Å². The van der Waals surface area contributed by atoms with Gasteiger partial charge in [0.2, 0.25) is 5.91 Å². The number of hydrogen-bond donors (Lipinski definition) is 3. The predicted octanol–water partition coefficient (Wildman–Crippen LogP) is 2.45. The summed E-state index contributed by atoms with van der Waals surface area (Å²) in [6, 6.07) is 1.65. The molecule has 0 aromatic heterocycles. The summed E-state index contributed by atoms with van der Waals surface area (Å²) in [5.41, 5.74) is -0.314. The van der Waals surface area contributed by atoms with Crippen LogP contribution in [0.2, 0.25) is 0 Å². The fourth-order valence-corrected chi connectivity index (χ4v) is 2.51. The molecule has 0 spiro atoms. The van der Waals surface area contributed by atoms with Crippen molar-refractivity contribution in [2.45, 2.75) is 31.6 Å². The minimum absolute atomic E-state index is 0.0869. The van der Waals surface area contributed by atoms with Gasteiger partial charge in [-0.25, -0.2) is 0 Å². The van der Waals surface area contributed by atoms with Gasteiger partial charge in [0.15, 0.2) is 0 Å². The maximum Gasteiger partial charge on any atom is 0.419 e. The Morgan fingerprint density at radius 1 is 1.42 bits per heavy atom. The number of alkyl halides is 3. The number of amides is 1. The summed E-state index contributed by atoms with van der Waals surface area (Å²) < 4.78 is 44.8. The summed E-state index contributed by atoms with van der Waals surface area (Å²) >= 11 is 0. The topological polar surface area (TPSA) is 70.6 Å². The number of hydrogen-bond acceptors (Lipinski definition) is 4. The fourth-order valence-electron chi connectivity index (χ4n) is 2.51. The smallest absolute Gasteiger partial charge is 0.419 e. The maximum absolute atomic E-state index is 13.2. The molecular weight excluding hydrogens is 325 g/mol. The lowest BCUT2D eigenvalue weighted by atomic mass is 10.0. The van der Waals surface area contributed by atoms with Crippen LogP contribution in [0.4, 0.5) is 18.9 Å². The first-order valence-electron chi connectivity index (χ1n) is 7.50. The van der Waals surface area contributed by atoms with Gasteiger partial charge >= 0.3 is 6.18 Å². The molecule has 1 unspecified atom stereocenters. The number of anilines is 1. The third-order valence-electron chi connectivity index (χ3n) is 3.65. The van der Waals surface area contributed by atoms with Crippen LogP contribution < -0.4 is 15.4 Å². The van der Waals surface area contributed by atoms with E-state index in [-0.39, 0.29) is 30.4 Å². The Hall–Kier alpha value is -2.22. The van der Waals surface area contributed by atoms with Gasteiger partial charge in [-0.15, -0.1) is 6.58 Å². The molecule has 0 bridgehead atoms. The predicted molar refractivity (Wildman–Crippen MR) is 82.7 cm³/mol. The molecule has 1 aliphatic heterocycles. The Morgan fingerprint density at radius 2 is 2.17 bits per heavy atom. The van der Waals surface area contributed by atoms with E-state index in [0.29, 0.717) is 18.5 Å². The lowest BCUT2D eigenvalue weighted by Crippen LogP contribution is -2.36. The number of aliphatic hydroxyl groups is 1. The average Bonchev–Trinajstić information content (AvgIpc) is 2.69. The Morgan fingerprint density at radius 3 is 2.79 bits per heavy atom. The van der Waals surface area contributed by atoms with Crippen molar-refractivity contribution in [3.63, 3.8) is 0 Å². The van der Waals surface area contributed by atoms with Gasteiger partial charge in [0, 0.05) is 17.8 Å². The average molecular weight is 344 g/mol. The van der Waals surface area contributed by atoms with Crippen molar-refractivity contribution in [2.75, 3.05) is 18.5 Å². The number of rotatable bonds is 6. The van der Waals surface area contributed by atoms with Crippen molar-refractivity contribution >= 4 is 11.6 Å². The molecule has 0 saturated heterocycles. The molecule has 0 radical (unpaired) electrons. The maximum atomic E-state index is 13.2. The largest absolute Gasteiger partial charge is 0.490 e. The van der Waals surface area contributed by atoms with Crippen LogP contribution in [0.3, 0.4) is 0 Å². The molecular formula is C16H19F3N2O3. The zero-order valence-electron chi connectivity index (χ0n) is 12.9. The molecule has 0 aliphatic carbocycles. The molecule has 1 amide bonds. The molecule has 0 saturated carbocycles. The molecule has 0 fully saturated rings. The van der Waals surface area contributed by atoms with Crippen molar-refractivity contribution in [2.24, 2.45) is 0 Å². The van der Waals surface area contributed by atoms with E-state index in [0.717, 1.165) is 6.07 Å². The van der Waals surface area contributed by atoms with E-state index < -0.39 is 24.4 Å². The molecule has 1 aliphatic rings. The van der Waals surface area contributed by atoms with Crippen LogP contribution in [0.15, 0.2) is 24.8 Å². The Labute approximate surface area is 137 Å². The van der Waals surface area contributed by atoms with Gasteiger partial charge in [-0.2, -0.15) is 13.2 Å². The van der Waals surface area contributed by atoms with Crippen LogP contribution in [0.1, 0.15) is 24.0 Å². The van der Waals surface area contributed by atoms with Gasteiger partial charge < -0.3 is 20.5 Å². The van der Waals surface area contributed by atoms with Gasteiger partial charge in [0.25, 0.3) is 0 Å². The molecule has 1 atom stereocenters. The minimum atomic E-state index is -4.60. The Kier molecular flexibility index (Phi) is 5.71. The highest BCUT2D eigenvalue weighted by molar-refractivity contribution is 5.86. The molecule has 5 nitrogen and oxygen atoms in total. The number of aliphatic hydroxyl groups excluding tert-OH is 1. The summed E-state index contributed by atoms with van der Waals surface area (Å²) in [5, 5.41) is 14.4. The monoisotopic (exact) mass is 344 g/mol. The van der Waals surface area contributed by atoms with Gasteiger partial charge in [-0.1, -0.05) is 6.08 Å². The zero-order chi connectivity index (χ0) is 17.7. The van der Waals surface area contributed by atoms with E-state index in [1.807, 2.05) is 0 Å². The number of allylic oxidation sites excluding steroid dienone is 1. The fraction of sp³-hybridized carbons (Fsp3) is 0.438. The lowest BCUT2D eigenvalue weighted by molar-refractivity contribution is -0.139. The van der Waals surface area contributed by atoms with E-state index in [1.165, 1.54) is 6.07 Å². The van der Waals surface area contributed by atoms with Crippen molar-refractivity contribution in [1.29, 1.82) is 0 Å². The van der Waals surface area contributed by atoms with Gasteiger partial charge in [0.1, 0.15) is 18.4 Å². The summed E-state index contributed by atoms with van der Waals surface area (Å²) in [5.74, 6) is -0.666. The van der Waals surface area contributed by atoms with Crippen LogP contribution >= 0.6 is 0 Å². The van der Waals surface area contributed by atoms with Crippen molar-refractivity contribution in [3.05, 3.63) is 35.9 Å². The van der Waals surface area contributed by atoms with Crippen LogP contribution in [0.25, 0.3) is 0 Å². The number of carbonyl (C=O) groups is 1. The quantitative estimate of drug-likeness (QED) is 0.694. The highest BCUT2D eigenvalue weighted by Gasteiger charge is 2.37. The first-order valence-corrected chi connectivity index (χ1v) is 7.50. The normalized spacial score (nSPS) is 17.3. The summed E-state index contributed by atoms with van der Waals surface area (Å²) in [4.78, 5) is 12.1. The van der Waals surface area contributed by atoms with Gasteiger partial charge in [-0.05, 0) is 25.0 Å². The molecule has 132 valence electrons. The second-order valence-corrected chi connectivity index (χ2v) is 5.32. The van der Waals surface area contributed by atoms with Crippen molar-refractivity contribution < 1.29 is 27.8 Å². The highest BCUT2D eigenvalue weighted by atomic mass is 19.4. The second kappa shape index (κ2) is 7.57. The number of halogens is 3. The SMILES string of the molecule is C=CCCC1Nc2ccc(C(F)(F)F)c(OCCO)c2CNC1=O. The molecule has 1 aromatic rings. The van der Waals surface area contributed by atoms with E-state index in [2.05, 4.69) is 17.2 Å². The third kappa shape index (κ3) is 4.00. The number of ether oxygens (including phenoxy) is 1.